The van der Waals surface area contributed by atoms with Crippen LogP contribution in [0.4, 0.5) is 0 Å². The summed E-state index contributed by atoms with van der Waals surface area (Å²) in [5.41, 5.74) is 2.40. The number of benzene rings is 1. The summed E-state index contributed by atoms with van der Waals surface area (Å²) in [6.07, 6.45) is 1.77. The zero-order valence-corrected chi connectivity index (χ0v) is 16.2. The number of amides is 1. The Morgan fingerprint density at radius 1 is 1.07 bits per heavy atom. The Kier molecular flexibility index (Phi) is 6.44. The van der Waals surface area contributed by atoms with E-state index < -0.39 is 0 Å². The highest BCUT2D eigenvalue weighted by molar-refractivity contribution is 7.13. The Morgan fingerprint density at radius 2 is 1.89 bits per heavy atom. The molecule has 3 rings (SSSR count). The van der Waals surface area contributed by atoms with Crippen LogP contribution >= 0.6 is 11.3 Å². The van der Waals surface area contributed by atoms with E-state index >= 15 is 0 Å². The Balaban J connectivity index is 1.74. The molecule has 1 aromatic carbocycles. The van der Waals surface area contributed by atoms with Gasteiger partial charge in [-0.15, -0.1) is 11.3 Å². The standard InChI is InChI=1S/C21H22N2O3S/c1-3-25-17-10-9-15(13-18(17)26-4-2)21(24)23-14-16-7-5-11-22-20(16)19-8-6-12-27-19/h5-13H,3-4,14H2,1-2H3,(H,23,24). The highest BCUT2D eigenvalue weighted by Gasteiger charge is 2.13. The molecule has 3 aromatic rings. The SMILES string of the molecule is CCOc1ccc(C(=O)NCc2cccnc2-c2cccs2)cc1OCC. The normalized spacial score (nSPS) is 10.4. The van der Waals surface area contributed by atoms with Gasteiger partial charge in [0.05, 0.1) is 23.8 Å². The summed E-state index contributed by atoms with van der Waals surface area (Å²) in [5, 5.41) is 4.98. The summed E-state index contributed by atoms with van der Waals surface area (Å²) in [4.78, 5) is 18.2. The van der Waals surface area contributed by atoms with Gasteiger partial charge in [-0.1, -0.05) is 12.1 Å². The Hall–Kier alpha value is -2.86. The first-order valence-corrected chi connectivity index (χ1v) is 9.76. The van der Waals surface area contributed by atoms with Crippen LogP contribution in [0.15, 0.2) is 54.0 Å². The molecule has 0 bridgehead atoms. The second-order valence-electron chi connectivity index (χ2n) is 5.70. The zero-order valence-electron chi connectivity index (χ0n) is 15.4. The van der Waals surface area contributed by atoms with Crippen LogP contribution in [0.3, 0.4) is 0 Å². The minimum Gasteiger partial charge on any atom is -0.490 e. The van der Waals surface area contributed by atoms with Gasteiger partial charge >= 0.3 is 0 Å². The molecule has 140 valence electrons. The van der Waals surface area contributed by atoms with Crippen LogP contribution in [0.2, 0.25) is 0 Å². The number of hydrogen-bond donors (Lipinski definition) is 1. The summed E-state index contributed by atoms with van der Waals surface area (Å²) in [6.45, 7) is 5.26. The molecule has 0 saturated carbocycles. The molecule has 2 aromatic heterocycles. The van der Waals surface area contributed by atoms with E-state index in [1.165, 1.54) is 0 Å². The van der Waals surface area contributed by atoms with Crippen molar-refractivity contribution in [1.29, 1.82) is 0 Å². The van der Waals surface area contributed by atoms with E-state index in [1.807, 2.05) is 43.5 Å². The number of rotatable bonds is 8. The van der Waals surface area contributed by atoms with E-state index in [4.69, 9.17) is 9.47 Å². The molecule has 0 fully saturated rings. The Labute approximate surface area is 163 Å². The third-order valence-corrected chi connectivity index (χ3v) is 4.77. The van der Waals surface area contributed by atoms with Crippen molar-refractivity contribution >= 4 is 17.2 Å². The summed E-state index contributed by atoms with van der Waals surface area (Å²) in [7, 11) is 0. The molecular formula is C21H22N2O3S. The smallest absolute Gasteiger partial charge is 0.251 e. The van der Waals surface area contributed by atoms with Crippen LogP contribution < -0.4 is 14.8 Å². The van der Waals surface area contributed by atoms with Gasteiger partial charge < -0.3 is 14.8 Å². The van der Waals surface area contributed by atoms with E-state index in [2.05, 4.69) is 10.3 Å². The molecule has 27 heavy (non-hydrogen) atoms. The highest BCUT2D eigenvalue weighted by Crippen LogP contribution is 2.29. The van der Waals surface area contributed by atoms with Crippen molar-refractivity contribution in [1.82, 2.24) is 10.3 Å². The quantitative estimate of drug-likeness (QED) is 0.621. The van der Waals surface area contributed by atoms with Crippen LogP contribution in [-0.4, -0.2) is 24.1 Å². The average molecular weight is 382 g/mol. The lowest BCUT2D eigenvalue weighted by Crippen LogP contribution is -2.23. The molecule has 0 saturated heterocycles. The van der Waals surface area contributed by atoms with Crippen molar-refractivity contribution in [3.63, 3.8) is 0 Å². The van der Waals surface area contributed by atoms with Gasteiger partial charge in [0.1, 0.15) is 0 Å². The first kappa shape index (κ1) is 18.9. The van der Waals surface area contributed by atoms with Gasteiger partial charge in [-0.2, -0.15) is 0 Å². The maximum absolute atomic E-state index is 12.6. The van der Waals surface area contributed by atoms with Crippen molar-refractivity contribution < 1.29 is 14.3 Å². The zero-order chi connectivity index (χ0) is 19.1. The van der Waals surface area contributed by atoms with Gasteiger partial charge in [0, 0.05) is 18.3 Å². The van der Waals surface area contributed by atoms with E-state index in [1.54, 1.807) is 35.7 Å². The number of carbonyl (C=O) groups excluding carboxylic acids is 1. The lowest BCUT2D eigenvalue weighted by atomic mass is 10.1. The van der Waals surface area contributed by atoms with Gasteiger partial charge in [-0.05, 0) is 55.1 Å². The molecule has 0 unspecified atom stereocenters. The predicted molar refractivity (Wildman–Crippen MR) is 108 cm³/mol. The Bertz CT molecular complexity index is 894. The van der Waals surface area contributed by atoms with E-state index in [9.17, 15) is 4.79 Å². The number of aromatic nitrogens is 1. The predicted octanol–water partition coefficient (Wildman–Crippen LogP) is 4.54. The minimum atomic E-state index is -0.167. The number of ether oxygens (including phenoxy) is 2. The first-order valence-electron chi connectivity index (χ1n) is 8.88. The first-order chi connectivity index (χ1) is 13.2. The van der Waals surface area contributed by atoms with Crippen LogP contribution in [0.5, 0.6) is 11.5 Å². The number of hydrogen-bond acceptors (Lipinski definition) is 5. The molecule has 0 atom stereocenters. The number of nitrogens with one attached hydrogen (secondary N) is 1. The summed E-state index contributed by atoms with van der Waals surface area (Å²) in [6, 6.07) is 13.1. The summed E-state index contributed by atoms with van der Waals surface area (Å²) < 4.78 is 11.1. The molecule has 1 N–H and O–H groups in total. The lowest BCUT2D eigenvalue weighted by Gasteiger charge is -2.13. The molecule has 0 radical (unpaired) electrons. The lowest BCUT2D eigenvalue weighted by molar-refractivity contribution is 0.0950. The van der Waals surface area contributed by atoms with Crippen LogP contribution in [0, 0.1) is 0 Å². The average Bonchev–Trinajstić information content (AvgIpc) is 3.22. The molecule has 1 amide bonds. The third-order valence-electron chi connectivity index (χ3n) is 3.89. The fourth-order valence-corrected chi connectivity index (χ4v) is 3.44. The van der Waals surface area contributed by atoms with Crippen molar-refractivity contribution in [2.24, 2.45) is 0 Å². The van der Waals surface area contributed by atoms with Gasteiger partial charge in [0.25, 0.3) is 5.91 Å². The number of nitrogens with zero attached hydrogens (tertiary/aromatic N) is 1. The van der Waals surface area contributed by atoms with Crippen molar-refractivity contribution in [3.8, 4) is 22.1 Å². The highest BCUT2D eigenvalue weighted by atomic mass is 32.1. The fraction of sp³-hybridized carbons (Fsp3) is 0.238. The van der Waals surface area contributed by atoms with Gasteiger partial charge in [0.2, 0.25) is 0 Å². The van der Waals surface area contributed by atoms with Crippen LogP contribution in [0.25, 0.3) is 10.6 Å². The van der Waals surface area contributed by atoms with E-state index in [0.29, 0.717) is 36.8 Å². The molecule has 0 spiro atoms. The van der Waals surface area contributed by atoms with Crippen molar-refractivity contribution in [2.75, 3.05) is 13.2 Å². The van der Waals surface area contributed by atoms with Gasteiger partial charge in [-0.25, -0.2) is 0 Å². The minimum absolute atomic E-state index is 0.167. The monoisotopic (exact) mass is 382 g/mol. The Morgan fingerprint density at radius 3 is 2.63 bits per heavy atom. The topological polar surface area (TPSA) is 60.5 Å². The largest absolute Gasteiger partial charge is 0.490 e. The van der Waals surface area contributed by atoms with E-state index in [-0.39, 0.29) is 5.91 Å². The van der Waals surface area contributed by atoms with Gasteiger partial charge in [0.15, 0.2) is 11.5 Å². The van der Waals surface area contributed by atoms with Crippen molar-refractivity contribution in [2.45, 2.75) is 20.4 Å². The molecule has 2 heterocycles. The second kappa shape index (κ2) is 9.19. The molecular weight excluding hydrogens is 360 g/mol. The number of pyridine rings is 1. The maximum atomic E-state index is 12.6. The van der Waals surface area contributed by atoms with Crippen LogP contribution in [-0.2, 0) is 6.54 Å². The van der Waals surface area contributed by atoms with Crippen molar-refractivity contribution in [3.05, 3.63) is 65.2 Å². The molecule has 6 heteroatoms. The van der Waals surface area contributed by atoms with Crippen LogP contribution in [0.1, 0.15) is 29.8 Å². The second-order valence-corrected chi connectivity index (χ2v) is 6.65. The molecule has 0 aliphatic heterocycles. The number of thiophene rings is 1. The van der Waals surface area contributed by atoms with E-state index in [0.717, 1.165) is 16.1 Å². The molecule has 5 nitrogen and oxygen atoms in total. The molecule has 0 aliphatic carbocycles. The molecule has 0 aliphatic rings. The summed E-state index contributed by atoms with van der Waals surface area (Å²) in [5.74, 6) is 1.05. The third kappa shape index (κ3) is 4.65. The maximum Gasteiger partial charge on any atom is 0.251 e. The fourth-order valence-electron chi connectivity index (χ4n) is 2.69. The number of carbonyl (C=O) groups is 1. The summed E-state index contributed by atoms with van der Waals surface area (Å²) >= 11 is 1.63. The van der Waals surface area contributed by atoms with Gasteiger partial charge in [-0.3, -0.25) is 9.78 Å².